The van der Waals surface area contributed by atoms with Gasteiger partial charge in [0.1, 0.15) is 0 Å². The number of nitrogens with one attached hydrogen (secondary N) is 1. The number of benzene rings is 1. The summed E-state index contributed by atoms with van der Waals surface area (Å²) in [5.41, 5.74) is 2.83. The molecule has 3 nitrogen and oxygen atoms in total. The molecule has 4 heteroatoms. The van der Waals surface area contributed by atoms with Crippen molar-refractivity contribution in [3.63, 3.8) is 0 Å². The van der Waals surface area contributed by atoms with Crippen LogP contribution in [0.5, 0.6) is 0 Å². The predicted octanol–water partition coefficient (Wildman–Crippen LogP) is 2.33. The van der Waals surface area contributed by atoms with Gasteiger partial charge in [-0.15, -0.1) is 11.8 Å². The summed E-state index contributed by atoms with van der Waals surface area (Å²) in [4.78, 5) is 11.8. The second kappa shape index (κ2) is 6.81. The fourth-order valence-corrected chi connectivity index (χ4v) is 3.14. The van der Waals surface area contributed by atoms with Gasteiger partial charge in [-0.05, 0) is 48.8 Å². The molecule has 0 aliphatic carbocycles. The van der Waals surface area contributed by atoms with E-state index in [4.69, 9.17) is 5.11 Å². The highest BCUT2D eigenvalue weighted by Gasteiger charge is 2.09. The minimum absolute atomic E-state index is 0.195. The average Bonchev–Trinajstić information content (AvgIpc) is 2.38. The Kier molecular flexibility index (Phi) is 5.08. The summed E-state index contributed by atoms with van der Waals surface area (Å²) in [5, 5.41) is 11.7. The van der Waals surface area contributed by atoms with Gasteiger partial charge >= 0.3 is 5.97 Å². The second-order valence-corrected chi connectivity index (χ2v) is 5.67. The van der Waals surface area contributed by atoms with E-state index < -0.39 is 5.97 Å². The van der Waals surface area contributed by atoms with E-state index >= 15 is 0 Å². The summed E-state index contributed by atoms with van der Waals surface area (Å²) >= 11 is 1.95. The molecule has 1 aliphatic heterocycles. The number of carboxylic acids is 1. The van der Waals surface area contributed by atoms with Gasteiger partial charge in [0.2, 0.25) is 0 Å². The highest BCUT2D eigenvalue weighted by Crippen LogP contribution is 2.30. The second-order valence-electron chi connectivity index (χ2n) is 4.54. The monoisotopic (exact) mass is 265 g/mol. The van der Waals surface area contributed by atoms with Crippen molar-refractivity contribution < 1.29 is 9.90 Å². The van der Waals surface area contributed by atoms with Gasteiger partial charge in [-0.3, -0.25) is 4.79 Å². The van der Waals surface area contributed by atoms with Gasteiger partial charge in [-0.1, -0.05) is 12.1 Å². The minimum atomic E-state index is -0.742. The lowest BCUT2D eigenvalue weighted by Crippen LogP contribution is -2.20. The lowest BCUT2D eigenvalue weighted by molar-refractivity contribution is -0.136. The summed E-state index contributed by atoms with van der Waals surface area (Å²) < 4.78 is 0. The summed E-state index contributed by atoms with van der Waals surface area (Å²) in [5.74, 6) is 0.497. The fraction of sp³-hybridized carbons (Fsp3) is 0.500. The van der Waals surface area contributed by atoms with Crippen molar-refractivity contribution >= 4 is 17.7 Å². The third-order valence-corrected chi connectivity index (χ3v) is 4.28. The van der Waals surface area contributed by atoms with Gasteiger partial charge < -0.3 is 10.4 Å². The first-order chi connectivity index (χ1) is 8.75. The fourth-order valence-electron chi connectivity index (χ4n) is 2.12. The molecule has 0 bridgehead atoms. The smallest absolute Gasteiger partial charge is 0.304 e. The van der Waals surface area contributed by atoms with Crippen LogP contribution in [0, 0.1) is 0 Å². The van der Waals surface area contributed by atoms with Gasteiger partial charge in [-0.25, -0.2) is 0 Å². The van der Waals surface area contributed by atoms with Crippen LogP contribution in [0.15, 0.2) is 23.1 Å². The number of carbonyl (C=O) groups is 1. The van der Waals surface area contributed by atoms with E-state index in [1.165, 1.54) is 34.6 Å². The minimum Gasteiger partial charge on any atom is -0.481 e. The molecule has 1 aromatic carbocycles. The van der Waals surface area contributed by atoms with Crippen molar-refractivity contribution in [2.45, 2.75) is 30.6 Å². The van der Waals surface area contributed by atoms with Crippen molar-refractivity contribution in [3.8, 4) is 0 Å². The molecule has 1 aliphatic rings. The van der Waals surface area contributed by atoms with Crippen molar-refractivity contribution in [1.29, 1.82) is 0 Å². The molecular weight excluding hydrogens is 246 g/mol. The van der Waals surface area contributed by atoms with E-state index in [1.807, 2.05) is 11.8 Å². The predicted molar refractivity (Wildman–Crippen MR) is 74.3 cm³/mol. The van der Waals surface area contributed by atoms with Crippen molar-refractivity contribution in [2.24, 2.45) is 0 Å². The van der Waals surface area contributed by atoms with E-state index in [9.17, 15) is 4.79 Å². The molecule has 0 atom stereocenters. The van der Waals surface area contributed by atoms with E-state index in [1.54, 1.807) is 0 Å². The SMILES string of the molecule is O=C(O)CCNCCc1ccc2c(c1)CCCS2. The molecule has 0 saturated carbocycles. The zero-order valence-electron chi connectivity index (χ0n) is 10.4. The van der Waals surface area contributed by atoms with Crippen LogP contribution in [0.2, 0.25) is 0 Å². The number of aryl methyl sites for hydroxylation is 1. The molecule has 98 valence electrons. The Morgan fingerprint density at radius 2 is 2.28 bits per heavy atom. The van der Waals surface area contributed by atoms with Gasteiger partial charge in [0.25, 0.3) is 0 Å². The van der Waals surface area contributed by atoms with Gasteiger partial charge in [0.05, 0.1) is 6.42 Å². The molecule has 2 N–H and O–H groups in total. The number of hydrogen-bond acceptors (Lipinski definition) is 3. The standard InChI is InChI=1S/C14H19NO2S/c16-14(17)6-8-15-7-5-11-3-4-13-12(10-11)2-1-9-18-13/h3-4,10,15H,1-2,5-9H2,(H,16,17). The van der Waals surface area contributed by atoms with Gasteiger partial charge in [-0.2, -0.15) is 0 Å². The molecule has 0 saturated heterocycles. The molecule has 0 fully saturated rings. The maximum atomic E-state index is 10.4. The summed E-state index contributed by atoms with van der Waals surface area (Å²) in [6.45, 7) is 1.40. The highest BCUT2D eigenvalue weighted by atomic mass is 32.2. The van der Waals surface area contributed by atoms with Crippen LogP contribution in [0.4, 0.5) is 0 Å². The molecule has 0 radical (unpaired) electrons. The lowest BCUT2D eigenvalue weighted by Gasteiger charge is -2.16. The lowest BCUT2D eigenvalue weighted by atomic mass is 10.0. The first-order valence-corrected chi connectivity index (χ1v) is 7.41. The van der Waals surface area contributed by atoms with Crippen LogP contribution < -0.4 is 5.32 Å². The maximum Gasteiger partial charge on any atom is 0.304 e. The van der Waals surface area contributed by atoms with Crippen LogP contribution in [-0.4, -0.2) is 29.9 Å². The Morgan fingerprint density at radius 1 is 1.39 bits per heavy atom. The first kappa shape index (κ1) is 13.4. The van der Waals surface area contributed by atoms with E-state index in [-0.39, 0.29) is 6.42 Å². The van der Waals surface area contributed by atoms with Gasteiger partial charge in [0.15, 0.2) is 0 Å². The molecule has 18 heavy (non-hydrogen) atoms. The number of fused-ring (bicyclic) bond motifs is 1. The largest absolute Gasteiger partial charge is 0.481 e. The van der Waals surface area contributed by atoms with Crippen LogP contribution in [0.1, 0.15) is 24.0 Å². The Balaban J connectivity index is 1.77. The first-order valence-electron chi connectivity index (χ1n) is 6.43. The zero-order chi connectivity index (χ0) is 12.8. The van der Waals surface area contributed by atoms with E-state index in [0.29, 0.717) is 6.54 Å². The van der Waals surface area contributed by atoms with Crippen molar-refractivity contribution in [1.82, 2.24) is 5.32 Å². The van der Waals surface area contributed by atoms with Crippen LogP contribution in [-0.2, 0) is 17.6 Å². The maximum absolute atomic E-state index is 10.4. The zero-order valence-corrected chi connectivity index (χ0v) is 11.3. The molecule has 2 rings (SSSR count). The molecule has 1 aromatic rings. The Morgan fingerprint density at radius 3 is 3.11 bits per heavy atom. The number of aliphatic carboxylic acids is 1. The van der Waals surface area contributed by atoms with E-state index in [2.05, 4.69) is 23.5 Å². The van der Waals surface area contributed by atoms with Crippen molar-refractivity contribution in [2.75, 3.05) is 18.8 Å². The third kappa shape index (κ3) is 4.03. The number of hydrogen-bond donors (Lipinski definition) is 2. The average molecular weight is 265 g/mol. The molecular formula is C14H19NO2S. The molecule has 1 heterocycles. The number of rotatable bonds is 6. The highest BCUT2D eigenvalue weighted by molar-refractivity contribution is 7.99. The Hall–Kier alpha value is -1.00. The molecule has 0 unspecified atom stereocenters. The Labute approximate surface area is 112 Å². The van der Waals surface area contributed by atoms with Crippen LogP contribution in [0.25, 0.3) is 0 Å². The number of thioether (sulfide) groups is 1. The van der Waals surface area contributed by atoms with Crippen LogP contribution in [0.3, 0.4) is 0 Å². The summed E-state index contributed by atoms with van der Waals surface area (Å²) in [7, 11) is 0. The van der Waals surface area contributed by atoms with Crippen molar-refractivity contribution in [3.05, 3.63) is 29.3 Å². The summed E-state index contributed by atoms with van der Waals surface area (Å²) in [6.07, 6.45) is 3.64. The molecule has 0 aromatic heterocycles. The van der Waals surface area contributed by atoms with Gasteiger partial charge in [0, 0.05) is 11.4 Å². The Bertz CT molecular complexity index is 420. The summed E-state index contributed by atoms with van der Waals surface area (Å²) in [6, 6.07) is 6.72. The molecule has 0 amide bonds. The quantitative estimate of drug-likeness (QED) is 0.775. The topological polar surface area (TPSA) is 49.3 Å². The van der Waals surface area contributed by atoms with E-state index in [0.717, 1.165) is 13.0 Å². The third-order valence-electron chi connectivity index (χ3n) is 3.08. The normalized spacial score (nSPS) is 14.2. The molecule has 0 spiro atoms. The number of carboxylic acid groups (broad SMARTS) is 1. The van der Waals surface area contributed by atoms with Crippen LogP contribution >= 0.6 is 11.8 Å².